The Morgan fingerprint density at radius 2 is 2.38 bits per heavy atom. The predicted molar refractivity (Wildman–Crippen MR) is 61.6 cm³/mol. The van der Waals surface area contributed by atoms with Crippen molar-refractivity contribution in [2.45, 2.75) is 13.3 Å². The van der Waals surface area contributed by atoms with Crippen LogP contribution in [0.1, 0.15) is 11.9 Å². The lowest BCUT2D eigenvalue weighted by Gasteiger charge is -1.97. The monoisotopic (exact) mass is 237 g/mol. The van der Waals surface area contributed by atoms with Gasteiger partial charge in [-0.1, -0.05) is 0 Å². The van der Waals surface area contributed by atoms with Crippen LogP contribution in [-0.4, -0.2) is 22.7 Å². The van der Waals surface area contributed by atoms with E-state index in [1.165, 1.54) is 11.3 Å². The fraction of sp³-hybridized carbons (Fsp3) is 0.273. The molecule has 0 aliphatic heterocycles. The summed E-state index contributed by atoms with van der Waals surface area (Å²) in [5.41, 5.74) is 0.794. The van der Waals surface area contributed by atoms with Crippen molar-refractivity contribution in [1.29, 1.82) is 0 Å². The summed E-state index contributed by atoms with van der Waals surface area (Å²) in [5, 5.41) is 10.0. The number of nitrogens with zero attached hydrogens (tertiary/aromatic N) is 1. The Hall–Kier alpha value is -1.62. The zero-order chi connectivity index (χ0) is 11.5. The van der Waals surface area contributed by atoms with E-state index >= 15 is 0 Å². The number of phenolic OH excluding ortho intramolecular Hbond substituents is 1. The number of aromatic hydroxyl groups is 1. The quantitative estimate of drug-likeness (QED) is 0.830. The molecule has 0 spiro atoms. The van der Waals surface area contributed by atoms with Crippen LogP contribution in [0.5, 0.6) is 5.75 Å². The zero-order valence-corrected chi connectivity index (χ0v) is 9.58. The largest absolute Gasteiger partial charge is 0.508 e. The van der Waals surface area contributed by atoms with Crippen molar-refractivity contribution >= 4 is 27.5 Å². The maximum absolute atomic E-state index is 11.3. The van der Waals surface area contributed by atoms with Gasteiger partial charge in [-0.05, 0) is 25.1 Å². The Bertz CT molecular complexity index is 521. The van der Waals surface area contributed by atoms with Gasteiger partial charge in [-0.15, -0.1) is 11.3 Å². The van der Waals surface area contributed by atoms with Crippen LogP contribution >= 0.6 is 11.3 Å². The first-order valence-electron chi connectivity index (χ1n) is 4.93. The Labute approximate surface area is 96.5 Å². The summed E-state index contributed by atoms with van der Waals surface area (Å²) in [6.45, 7) is 2.15. The molecule has 0 saturated heterocycles. The van der Waals surface area contributed by atoms with Crippen molar-refractivity contribution in [3.05, 3.63) is 23.2 Å². The summed E-state index contributed by atoms with van der Waals surface area (Å²) in [4.78, 5) is 15.5. The molecular weight excluding hydrogens is 226 g/mol. The van der Waals surface area contributed by atoms with Crippen molar-refractivity contribution in [3.8, 4) is 5.75 Å². The third-order valence-corrected chi connectivity index (χ3v) is 3.04. The molecule has 1 aromatic heterocycles. The molecule has 5 heteroatoms. The predicted octanol–water partition coefficient (Wildman–Crippen LogP) is 2.11. The Morgan fingerprint density at radius 3 is 3.12 bits per heavy atom. The van der Waals surface area contributed by atoms with E-state index in [9.17, 15) is 9.90 Å². The molecule has 1 heterocycles. The number of fused-ring (bicyclic) bond motifs is 1. The molecule has 0 fully saturated rings. The number of ether oxygens (including phenoxy) is 1. The summed E-state index contributed by atoms with van der Waals surface area (Å²) in [7, 11) is 0. The van der Waals surface area contributed by atoms with Gasteiger partial charge in [-0.2, -0.15) is 0 Å². The summed E-state index contributed by atoms with van der Waals surface area (Å²) >= 11 is 1.39. The van der Waals surface area contributed by atoms with Crippen LogP contribution in [0.3, 0.4) is 0 Å². The molecule has 2 rings (SSSR count). The number of carbonyl (C=O) groups excluding carboxylic acids is 1. The zero-order valence-electron chi connectivity index (χ0n) is 8.77. The van der Waals surface area contributed by atoms with E-state index in [1.54, 1.807) is 25.1 Å². The molecule has 2 aromatic rings. The standard InChI is InChI=1S/C11H11NO3S/c1-2-15-11(14)6-10-12-8-4-3-7(13)5-9(8)16-10/h3-5,13H,2,6H2,1H3. The van der Waals surface area contributed by atoms with Crippen LogP contribution in [0, 0.1) is 0 Å². The van der Waals surface area contributed by atoms with E-state index in [1.807, 2.05) is 0 Å². The Balaban J connectivity index is 2.23. The van der Waals surface area contributed by atoms with Gasteiger partial charge in [0.15, 0.2) is 0 Å². The maximum atomic E-state index is 11.3. The minimum atomic E-state index is -0.272. The van der Waals surface area contributed by atoms with Gasteiger partial charge in [0.05, 0.1) is 23.2 Å². The maximum Gasteiger partial charge on any atom is 0.312 e. The minimum Gasteiger partial charge on any atom is -0.508 e. The summed E-state index contributed by atoms with van der Waals surface area (Å²) in [5.74, 6) is -0.0652. The molecule has 1 N–H and O–H groups in total. The molecule has 0 saturated carbocycles. The molecular formula is C11H11NO3S. The van der Waals surface area contributed by atoms with Gasteiger partial charge in [0.1, 0.15) is 10.8 Å². The number of carbonyl (C=O) groups is 1. The van der Waals surface area contributed by atoms with Crippen LogP contribution in [0.15, 0.2) is 18.2 Å². The number of esters is 1. The second-order valence-corrected chi connectivity index (χ2v) is 4.36. The molecule has 16 heavy (non-hydrogen) atoms. The van der Waals surface area contributed by atoms with Gasteiger partial charge < -0.3 is 9.84 Å². The molecule has 0 bridgehead atoms. The topological polar surface area (TPSA) is 59.4 Å². The number of thiazole rings is 1. The minimum absolute atomic E-state index is 0.188. The molecule has 0 aliphatic rings. The smallest absolute Gasteiger partial charge is 0.312 e. The van der Waals surface area contributed by atoms with Crippen LogP contribution in [0.4, 0.5) is 0 Å². The normalized spacial score (nSPS) is 10.6. The van der Waals surface area contributed by atoms with Gasteiger partial charge in [0.2, 0.25) is 0 Å². The van der Waals surface area contributed by atoms with Crippen molar-refractivity contribution in [2.24, 2.45) is 0 Å². The van der Waals surface area contributed by atoms with Gasteiger partial charge in [0.25, 0.3) is 0 Å². The Kier molecular flexibility index (Phi) is 3.05. The van der Waals surface area contributed by atoms with E-state index in [-0.39, 0.29) is 18.1 Å². The van der Waals surface area contributed by atoms with Gasteiger partial charge in [-0.3, -0.25) is 4.79 Å². The highest BCUT2D eigenvalue weighted by Crippen LogP contribution is 2.25. The van der Waals surface area contributed by atoms with E-state index in [2.05, 4.69) is 4.98 Å². The number of benzene rings is 1. The van der Waals surface area contributed by atoms with Gasteiger partial charge in [0, 0.05) is 0 Å². The molecule has 0 atom stereocenters. The Morgan fingerprint density at radius 1 is 1.56 bits per heavy atom. The summed E-state index contributed by atoms with van der Waals surface area (Å²) in [6.07, 6.45) is 0.188. The first-order valence-corrected chi connectivity index (χ1v) is 5.74. The highest BCUT2D eigenvalue weighted by molar-refractivity contribution is 7.18. The third-order valence-electron chi connectivity index (χ3n) is 2.02. The second-order valence-electron chi connectivity index (χ2n) is 3.24. The first-order chi connectivity index (χ1) is 7.69. The number of phenols is 1. The van der Waals surface area contributed by atoms with Crippen LogP contribution in [0.2, 0.25) is 0 Å². The molecule has 1 aromatic carbocycles. The first kappa shape index (κ1) is 10.9. The van der Waals surface area contributed by atoms with Crippen LogP contribution in [-0.2, 0) is 16.0 Å². The van der Waals surface area contributed by atoms with Gasteiger partial charge >= 0.3 is 5.97 Å². The van der Waals surface area contributed by atoms with E-state index in [0.717, 1.165) is 10.2 Å². The highest BCUT2D eigenvalue weighted by Gasteiger charge is 2.09. The SMILES string of the molecule is CCOC(=O)Cc1nc2ccc(O)cc2s1. The number of rotatable bonds is 3. The molecule has 0 aliphatic carbocycles. The second kappa shape index (κ2) is 4.49. The van der Waals surface area contributed by atoms with E-state index < -0.39 is 0 Å². The molecule has 0 unspecified atom stereocenters. The number of aromatic nitrogens is 1. The lowest BCUT2D eigenvalue weighted by Crippen LogP contribution is -2.06. The fourth-order valence-corrected chi connectivity index (χ4v) is 2.36. The number of hydrogen-bond acceptors (Lipinski definition) is 5. The van der Waals surface area contributed by atoms with Crippen molar-refractivity contribution < 1.29 is 14.6 Å². The van der Waals surface area contributed by atoms with Gasteiger partial charge in [-0.25, -0.2) is 4.98 Å². The van der Waals surface area contributed by atoms with Crippen molar-refractivity contribution in [1.82, 2.24) is 4.98 Å². The lowest BCUT2D eigenvalue weighted by atomic mass is 10.3. The highest BCUT2D eigenvalue weighted by atomic mass is 32.1. The number of hydrogen-bond donors (Lipinski definition) is 1. The summed E-state index contributed by atoms with van der Waals surface area (Å²) < 4.78 is 5.72. The molecule has 0 radical (unpaired) electrons. The fourth-order valence-electron chi connectivity index (χ4n) is 1.37. The van der Waals surface area contributed by atoms with Crippen molar-refractivity contribution in [3.63, 3.8) is 0 Å². The lowest BCUT2D eigenvalue weighted by molar-refractivity contribution is -0.142. The van der Waals surface area contributed by atoms with Crippen LogP contribution < -0.4 is 0 Å². The average Bonchev–Trinajstić information content (AvgIpc) is 2.59. The average molecular weight is 237 g/mol. The molecule has 0 amide bonds. The van der Waals surface area contributed by atoms with Crippen LogP contribution in [0.25, 0.3) is 10.2 Å². The van der Waals surface area contributed by atoms with E-state index in [0.29, 0.717) is 11.6 Å². The van der Waals surface area contributed by atoms with Crippen molar-refractivity contribution in [2.75, 3.05) is 6.61 Å². The van der Waals surface area contributed by atoms with E-state index in [4.69, 9.17) is 4.74 Å². The molecule has 84 valence electrons. The summed E-state index contributed by atoms with van der Waals surface area (Å²) in [6, 6.07) is 4.95. The molecule has 4 nitrogen and oxygen atoms in total. The third kappa shape index (κ3) is 2.30.